The third-order valence-electron chi connectivity index (χ3n) is 3.95. The van der Waals surface area contributed by atoms with Crippen molar-refractivity contribution in [2.45, 2.75) is 6.61 Å². The number of hydrogen-bond acceptors (Lipinski definition) is 4. The minimum atomic E-state index is 0.504. The van der Waals surface area contributed by atoms with E-state index in [1.807, 2.05) is 48.5 Å². The molecular weight excluding hydrogens is 322 g/mol. The van der Waals surface area contributed by atoms with Gasteiger partial charge in [-0.25, -0.2) is 0 Å². The quantitative estimate of drug-likeness (QED) is 0.778. The number of methoxy groups -OCH3 is 1. The van der Waals surface area contributed by atoms with Crippen molar-refractivity contribution in [3.8, 4) is 11.5 Å². The van der Waals surface area contributed by atoms with Gasteiger partial charge in [-0.15, -0.1) is 0 Å². The summed E-state index contributed by atoms with van der Waals surface area (Å²) in [4.78, 5) is 2.99. The minimum absolute atomic E-state index is 0.504. The third-order valence-corrected chi connectivity index (χ3v) is 4.44. The van der Waals surface area contributed by atoms with Crippen LogP contribution < -0.4 is 9.47 Å². The van der Waals surface area contributed by atoms with Crippen molar-refractivity contribution in [2.75, 3.05) is 33.4 Å². The fraction of sp³-hybridized carbons (Fsp3) is 0.316. The molecule has 3 rings (SSSR count). The fourth-order valence-electron chi connectivity index (χ4n) is 2.60. The summed E-state index contributed by atoms with van der Waals surface area (Å²) in [5, 5.41) is 0. The van der Waals surface area contributed by atoms with E-state index in [0.717, 1.165) is 48.2 Å². The Hall–Kier alpha value is -2.11. The number of benzene rings is 2. The summed E-state index contributed by atoms with van der Waals surface area (Å²) in [5.74, 6) is 1.41. The van der Waals surface area contributed by atoms with Crippen LogP contribution in [-0.2, 0) is 11.3 Å². The van der Waals surface area contributed by atoms with Crippen LogP contribution >= 0.6 is 12.2 Å². The molecule has 1 heterocycles. The molecule has 0 N–H and O–H groups in total. The number of ether oxygens (including phenoxy) is 3. The first-order valence-corrected chi connectivity index (χ1v) is 8.40. The molecule has 0 spiro atoms. The monoisotopic (exact) mass is 343 g/mol. The van der Waals surface area contributed by atoms with Crippen LogP contribution in [0.1, 0.15) is 11.1 Å². The molecule has 1 aliphatic heterocycles. The highest BCUT2D eigenvalue weighted by Crippen LogP contribution is 2.29. The van der Waals surface area contributed by atoms with Gasteiger partial charge in [0, 0.05) is 18.7 Å². The van der Waals surface area contributed by atoms with Gasteiger partial charge in [0.2, 0.25) is 0 Å². The van der Waals surface area contributed by atoms with Crippen LogP contribution in [0.15, 0.2) is 48.5 Å². The number of morpholine rings is 1. The zero-order valence-corrected chi connectivity index (χ0v) is 14.6. The second kappa shape index (κ2) is 8.13. The molecule has 0 saturated carbocycles. The van der Waals surface area contributed by atoms with Crippen molar-refractivity contribution in [3.63, 3.8) is 0 Å². The van der Waals surface area contributed by atoms with Crippen LogP contribution in [0, 0.1) is 0 Å². The normalized spacial score (nSPS) is 14.3. The molecule has 0 aliphatic carbocycles. The van der Waals surface area contributed by atoms with E-state index in [9.17, 15) is 0 Å². The molecule has 0 aromatic heterocycles. The summed E-state index contributed by atoms with van der Waals surface area (Å²) in [6.45, 7) is 3.59. The van der Waals surface area contributed by atoms with Crippen LogP contribution in [0.5, 0.6) is 11.5 Å². The van der Waals surface area contributed by atoms with Gasteiger partial charge in [0.1, 0.15) is 11.6 Å². The number of rotatable bonds is 5. The van der Waals surface area contributed by atoms with Crippen LogP contribution in [0.4, 0.5) is 0 Å². The maximum atomic E-state index is 5.89. The van der Waals surface area contributed by atoms with Crippen LogP contribution in [0.3, 0.4) is 0 Å². The van der Waals surface area contributed by atoms with E-state index in [1.165, 1.54) is 0 Å². The van der Waals surface area contributed by atoms with Gasteiger partial charge in [-0.2, -0.15) is 0 Å². The second-order valence-electron chi connectivity index (χ2n) is 5.54. The molecule has 24 heavy (non-hydrogen) atoms. The molecule has 0 unspecified atom stereocenters. The molecule has 126 valence electrons. The Morgan fingerprint density at radius 1 is 1.08 bits per heavy atom. The molecular formula is C19H21NO3S. The molecule has 2 aromatic carbocycles. The standard InChI is InChI=1S/C19H21NO3S/c1-21-18-13-16(19(24)20-9-11-22-12-10-20)7-8-17(18)23-14-15-5-3-2-4-6-15/h2-8,13H,9-12,14H2,1H3. The predicted octanol–water partition coefficient (Wildman–Crippen LogP) is 3.28. The predicted molar refractivity (Wildman–Crippen MR) is 97.9 cm³/mol. The lowest BCUT2D eigenvalue weighted by molar-refractivity contribution is 0.0693. The Bertz CT molecular complexity index is 684. The lowest BCUT2D eigenvalue weighted by atomic mass is 10.1. The van der Waals surface area contributed by atoms with E-state index in [0.29, 0.717) is 12.4 Å². The smallest absolute Gasteiger partial charge is 0.161 e. The summed E-state index contributed by atoms with van der Waals surface area (Å²) < 4.78 is 16.8. The molecule has 1 aliphatic rings. The maximum absolute atomic E-state index is 5.89. The molecule has 0 radical (unpaired) electrons. The summed E-state index contributed by atoms with van der Waals surface area (Å²) >= 11 is 5.61. The molecule has 0 atom stereocenters. The Balaban J connectivity index is 1.71. The highest BCUT2D eigenvalue weighted by atomic mass is 32.1. The van der Waals surface area contributed by atoms with Gasteiger partial charge >= 0.3 is 0 Å². The summed E-state index contributed by atoms with van der Waals surface area (Å²) in [7, 11) is 1.65. The van der Waals surface area contributed by atoms with Crippen molar-refractivity contribution < 1.29 is 14.2 Å². The average Bonchev–Trinajstić information content (AvgIpc) is 2.67. The Kier molecular flexibility index (Phi) is 5.67. The molecule has 4 nitrogen and oxygen atoms in total. The SMILES string of the molecule is COc1cc(C(=S)N2CCOCC2)ccc1OCc1ccccc1. The summed E-state index contributed by atoms with van der Waals surface area (Å²) in [6, 6.07) is 15.9. The van der Waals surface area contributed by atoms with E-state index < -0.39 is 0 Å². The fourth-order valence-corrected chi connectivity index (χ4v) is 2.91. The number of nitrogens with zero attached hydrogens (tertiary/aromatic N) is 1. The van der Waals surface area contributed by atoms with Crippen molar-refractivity contribution in [1.29, 1.82) is 0 Å². The molecule has 0 bridgehead atoms. The van der Waals surface area contributed by atoms with Gasteiger partial charge in [-0.3, -0.25) is 0 Å². The topological polar surface area (TPSA) is 30.9 Å². The van der Waals surface area contributed by atoms with Gasteiger partial charge in [0.05, 0.1) is 20.3 Å². The molecule has 2 aromatic rings. The van der Waals surface area contributed by atoms with E-state index in [4.69, 9.17) is 26.4 Å². The lowest BCUT2D eigenvalue weighted by Crippen LogP contribution is -2.40. The Morgan fingerprint density at radius 2 is 1.83 bits per heavy atom. The molecule has 1 fully saturated rings. The average molecular weight is 343 g/mol. The van der Waals surface area contributed by atoms with Gasteiger partial charge in [-0.1, -0.05) is 42.5 Å². The van der Waals surface area contributed by atoms with E-state index >= 15 is 0 Å². The number of hydrogen-bond donors (Lipinski definition) is 0. The maximum Gasteiger partial charge on any atom is 0.161 e. The van der Waals surface area contributed by atoms with Crippen molar-refractivity contribution in [1.82, 2.24) is 4.90 Å². The largest absolute Gasteiger partial charge is 0.493 e. The third kappa shape index (κ3) is 4.04. The highest BCUT2D eigenvalue weighted by Gasteiger charge is 2.17. The molecule has 1 saturated heterocycles. The van der Waals surface area contributed by atoms with E-state index in [-0.39, 0.29) is 0 Å². The highest BCUT2D eigenvalue weighted by molar-refractivity contribution is 7.80. The van der Waals surface area contributed by atoms with E-state index in [2.05, 4.69) is 4.90 Å². The zero-order chi connectivity index (χ0) is 16.8. The summed E-state index contributed by atoms with van der Waals surface area (Å²) in [5.41, 5.74) is 2.09. The minimum Gasteiger partial charge on any atom is -0.493 e. The van der Waals surface area contributed by atoms with Gasteiger partial charge in [0.25, 0.3) is 0 Å². The van der Waals surface area contributed by atoms with Gasteiger partial charge in [-0.05, 0) is 23.8 Å². The lowest BCUT2D eigenvalue weighted by Gasteiger charge is -2.29. The van der Waals surface area contributed by atoms with Crippen molar-refractivity contribution in [2.24, 2.45) is 0 Å². The van der Waals surface area contributed by atoms with E-state index in [1.54, 1.807) is 7.11 Å². The molecule has 0 amide bonds. The second-order valence-corrected chi connectivity index (χ2v) is 5.93. The van der Waals surface area contributed by atoms with Crippen LogP contribution in [-0.4, -0.2) is 43.3 Å². The summed E-state index contributed by atoms with van der Waals surface area (Å²) in [6.07, 6.45) is 0. The molecule has 5 heteroatoms. The van der Waals surface area contributed by atoms with Crippen LogP contribution in [0.2, 0.25) is 0 Å². The van der Waals surface area contributed by atoms with Crippen LogP contribution in [0.25, 0.3) is 0 Å². The first kappa shape index (κ1) is 16.7. The first-order chi connectivity index (χ1) is 11.8. The van der Waals surface area contributed by atoms with Gasteiger partial charge in [0.15, 0.2) is 11.5 Å². The van der Waals surface area contributed by atoms with Gasteiger partial charge < -0.3 is 19.1 Å². The number of thiocarbonyl (C=S) groups is 1. The Morgan fingerprint density at radius 3 is 2.54 bits per heavy atom. The Labute approximate surface area is 147 Å². The van der Waals surface area contributed by atoms with Crippen molar-refractivity contribution >= 4 is 17.2 Å². The zero-order valence-electron chi connectivity index (χ0n) is 13.7. The first-order valence-electron chi connectivity index (χ1n) is 7.99. The van der Waals surface area contributed by atoms with Crippen molar-refractivity contribution in [3.05, 3.63) is 59.7 Å².